The van der Waals surface area contributed by atoms with Crippen molar-refractivity contribution in [3.63, 3.8) is 0 Å². The first kappa shape index (κ1) is 8.20. The van der Waals surface area contributed by atoms with E-state index in [0.29, 0.717) is 12.3 Å². The smallest absolute Gasteiger partial charge is 0.146 e. The largest absolute Gasteiger partial charge is 0.381 e. The van der Waals surface area contributed by atoms with Crippen molar-refractivity contribution < 1.29 is 9.53 Å². The molecule has 1 spiro atoms. The number of piperidine rings is 1. The van der Waals surface area contributed by atoms with E-state index in [9.17, 15) is 4.79 Å². The fraction of sp³-hybridized carbons (Fsp3) is 0.889. The number of carbonyl (C=O) groups is 1. The minimum absolute atomic E-state index is 0.242. The third-order valence-electron chi connectivity index (χ3n) is 2.99. The van der Waals surface area contributed by atoms with Gasteiger partial charge in [0.15, 0.2) is 0 Å². The van der Waals surface area contributed by atoms with E-state index >= 15 is 0 Å². The summed E-state index contributed by atoms with van der Waals surface area (Å²) in [5, 5.41) is 3.35. The summed E-state index contributed by atoms with van der Waals surface area (Å²) in [5.41, 5.74) is 0.242. The number of nitrogens with one attached hydrogen (secondary N) is 1. The molecule has 12 heavy (non-hydrogen) atoms. The molecule has 0 atom stereocenters. The van der Waals surface area contributed by atoms with Gasteiger partial charge in [0.1, 0.15) is 5.78 Å². The van der Waals surface area contributed by atoms with Gasteiger partial charge in [-0.25, -0.2) is 0 Å². The molecule has 3 heteroatoms. The quantitative estimate of drug-likeness (QED) is 0.573. The van der Waals surface area contributed by atoms with E-state index in [4.69, 9.17) is 4.74 Å². The van der Waals surface area contributed by atoms with Crippen LogP contribution in [0.2, 0.25) is 0 Å². The van der Waals surface area contributed by atoms with E-state index in [1.54, 1.807) is 0 Å². The van der Waals surface area contributed by atoms with Gasteiger partial charge < -0.3 is 10.1 Å². The summed E-state index contributed by atoms with van der Waals surface area (Å²) in [6, 6.07) is 0. The molecular formula is C9H15NO2. The first-order chi connectivity index (χ1) is 5.81. The second-order valence-corrected chi connectivity index (χ2v) is 3.78. The van der Waals surface area contributed by atoms with E-state index in [-0.39, 0.29) is 5.54 Å². The Morgan fingerprint density at radius 1 is 1.25 bits per heavy atom. The molecule has 0 aromatic carbocycles. The van der Waals surface area contributed by atoms with Crippen LogP contribution in [0, 0.1) is 0 Å². The third-order valence-corrected chi connectivity index (χ3v) is 2.99. The van der Waals surface area contributed by atoms with Gasteiger partial charge in [0.05, 0.1) is 6.54 Å². The van der Waals surface area contributed by atoms with Crippen LogP contribution in [0.3, 0.4) is 0 Å². The Labute approximate surface area is 72.5 Å². The zero-order chi connectivity index (χ0) is 8.44. The van der Waals surface area contributed by atoms with Gasteiger partial charge in [-0.15, -0.1) is 0 Å². The standard InChI is InChI=1S/C9H15NO2/c11-8-1-2-9(10-7-8)3-5-12-6-4-9/h10H,1-7H2. The molecule has 0 aromatic rings. The lowest BCUT2D eigenvalue weighted by Gasteiger charge is -2.40. The van der Waals surface area contributed by atoms with Gasteiger partial charge in [0.2, 0.25) is 0 Å². The fourth-order valence-electron chi connectivity index (χ4n) is 2.03. The van der Waals surface area contributed by atoms with Crippen molar-refractivity contribution in [3.8, 4) is 0 Å². The minimum atomic E-state index is 0.242. The van der Waals surface area contributed by atoms with Crippen molar-refractivity contribution >= 4 is 5.78 Å². The first-order valence-corrected chi connectivity index (χ1v) is 4.65. The Bertz CT molecular complexity index is 173. The van der Waals surface area contributed by atoms with Crippen molar-refractivity contribution in [2.45, 2.75) is 31.2 Å². The summed E-state index contributed by atoms with van der Waals surface area (Å²) in [5.74, 6) is 0.354. The van der Waals surface area contributed by atoms with Crippen LogP contribution in [0.25, 0.3) is 0 Å². The summed E-state index contributed by atoms with van der Waals surface area (Å²) in [4.78, 5) is 11.0. The molecule has 2 aliphatic rings. The molecule has 2 aliphatic heterocycles. The topological polar surface area (TPSA) is 38.3 Å². The molecule has 0 radical (unpaired) electrons. The number of carbonyl (C=O) groups excluding carboxylic acids is 1. The maximum atomic E-state index is 11.0. The summed E-state index contributed by atoms with van der Waals surface area (Å²) in [6.07, 6.45) is 3.91. The second kappa shape index (κ2) is 3.15. The summed E-state index contributed by atoms with van der Waals surface area (Å²) >= 11 is 0. The molecular weight excluding hydrogens is 154 g/mol. The summed E-state index contributed by atoms with van der Waals surface area (Å²) in [6.45, 7) is 2.27. The lowest BCUT2D eigenvalue weighted by atomic mass is 9.82. The highest BCUT2D eigenvalue weighted by atomic mass is 16.5. The fourth-order valence-corrected chi connectivity index (χ4v) is 2.03. The van der Waals surface area contributed by atoms with Gasteiger partial charge in [-0.2, -0.15) is 0 Å². The summed E-state index contributed by atoms with van der Waals surface area (Å²) < 4.78 is 5.30. The van der Waals surface area contributed by atoms with Crippen LogP contribution in [-0.4, -0.2) is 31.1 Å². The molecule has 68 valence electrons. The van der Waals surface area contributed by atoms with Crippen LogP contribution in [0.15, 0.2) is 0 Å². The Morgan fingerprint density at radius 3 is 2.58 bits per heavy atom. The minimum Gasteiger partial charge on any atom is -0.381 e. The molecule has 0 aromatic heterocycles. The lowest BCUT2D eigenvalue weighted by Crippen LogP contribution is -2.54. The molecule has 2 rings (SSSR count). The predicted molar refractivity (Wildman–Crippen MR) is 45.0 cm³/mol. The first-order valence-electron chi connectivity index (χ1n) is 4.65. The molecule has 0 aliphatic carbocycles. The molecule has 0 amide bonds. The number of hydrogen-bond donors (Lipinski definition) is 1. The third kappa shape index (κ3) is 1.52. The van der Waals surface area contributed by atoms with Gasteiger partial charge in [-0.1, -0.05) is 0 Å². The number of hydrogen-bond acceptors (Lipinski definition) is 3. The molecule has 0 saturated carbocycles. The highest BCUT2D eigenvalue weighted by Gasteiger charge is 2.35. The van der Waals surface area contributed by atoms with E-state index in [1.165, 1.54) is 0 Å². The second-order valence-electron chi connectivity index (χ2n) is 3.78. The monoisotopic (exact) mass is 169 g/mol. The van der Waals surface area contributed by atoms with Crippen molar-refractivity contribution in [2.75, 3.05) is 19.8 Å². The Hall–Kier alpha value is -0.410. The number of Topliss-reactive ketones (excluding diaryl/α,β-unsaturated/α-hetero) is 1. The van der Waals surface area contributed by atoms with Gasteiger partial charge in [0.25, 0.3) is 0 Å². The van der Waals surface area contributed by atoms with Crippen LogP contribution in [0.1, 0.15) is 25.7 Å². The van der Waals surface area contributed by atoms with Crippen molar-refractivity contribution in [1.29, 1.82) is 0 Å². The zero-order valence-electron chi connectivity index (χ0n) is 7.27. The number of ether oxygens (including phenoxy) is 1. The van der Waals surface area contributed by atoms with Crippen LogP contribution in [-0.2, 0) is 9.53 Å². The van der Waals surface area contributed by atoms with Crippen LogP contribution in [0.4, 0.5) is 0 Å². The molecule has 1 N–H and O–H groups in total. The normalized spacial score (nSPS) is 29.2. The maximum Gasteiger partial charge on any atom is 0.146 e. The zero-order valence-corrected chi connectivity index (χ0v) is 7.27. The van der Waals surface area contributed by atoms with Crippen molar-refractivity contribution in [1.82, 2.24) is 5.32 Å². The molecule has 2 fully saturated rings. The highest BCUT2D eigenvalue weighted by molar-refractivity contribution is 5.81. The average Bonchev–Trinajstić information content (AvgIpc) is 2.13. The van der Waals surface area contributed by atoms with Crippen molar-refractivity contribution in [3.05, 3.63) is 0 Å². The predicted octanol–water partition coefficient (Wildman–Crippen LogP) is 0.488. The van der Waals surface area contributed by atoms with Gasteiger partial charge in [0, 0.05) is 25.2 Å². The van der Waals surface area contributed by atoms with Gasteiger partial charge >= 0.3 is 0 Å². The lowest BCUT2D eigenvalue weighted by molar-refractivity contribution is -0.121. The Balaban J connectivity index is 1.96. The maximum absolute atomic E-state index is 11.0. The average molecular weight is 169 g/mol. The molecule has 2 saturated heterocycles. The van der Waals surface area contributed by atoms with E-state index in [2.05, 4.69) is 5.32 Å². The van der Waals surface area contributed by atoms with Crippen molar-refractivity contribution in [2.24, 2.45) is 0 Å². The molecule has 2 heterocycles. The SMILES string of the molecule is O=C1CCC2(CCOCC2)NC1. The molecule has 0 bridgehead atoms. The summed E-state index contributed by atoms with van der Waals surface area (Å²) in [7, 11) is 0. The van der Waals surface area contributed by atoms with E-state index in [0.717, 1.165) is 38.9 Å². The Morgan fingerprint density at radius 2 is 2.00 bits per heavy atom. The molecule has 0 unspecified atom stereocenters. The van der Waals surface area contributed by atoms with E-state index in [1.807, 2.05) is 0 Å². The molecule has 3 nitrogen and oxygen atoms in total. The van der Waals surface area contributed by atoms with Crippen LogP contribution < -0.4 is 5.32 Å². The van der Waals surface area contributed by atoms with Gasteiger partial charge in [-0.3, -0.25) is 4.79 Å². The van der Waals surface area contributed by atoms with Crippen LogP contribution in [0.5, 0.6) is 0 Å². The van der Waals surface area contributed by atoms with Gasteiger partial charge in [-0.05, 0) is 19.3 Å². The Kier molecular flexibility index (Phi) is 2.15. The number of rotatable bonds is 0. The number of ketones is 1. The highest BCUT2D eigenvalue weighted by Crippen LogP contribution is 2.28. The van der Waals surface area contributed by atoms with E-state index < -0.39 is 0 Å². The van der Waals surface area contributed by atoms with Crippen LogP contribution >= 0.6 is 0 Å².